The van der Waals surface area contributed by atoms with Gasteiger partial charge in [0.15, 0.2) is 5.78 Å². The lowest BCUT2D eigenvalue weighted by molar-refractivity contribution is -0.384. The van der Waals surface area contributed by atoms with Crippen LogP contribution in [-0.2, 0) is 10.0 Å². The van der Waals surface area contributed by atoms with Crippen molar-refractivity contribution in [1.82, 2.24) is 0 Å². The molecule has 0 saturated heterocycles. The summed E-state index contributed by atoms with van der Waals surface area (Å²) in [4.78, 5) is 22.1. The van der Waals surface area contributed by atoms with Crippen LogP contribution in [0, 0.1) is 15.9 Å². The summed E-state index contributed by atoms with van der Waals surface area (Å²) in [6.45, 7) is 0. The summed E-state index contributed by atoms with van der Waals surface area (Å²) in [7, 11) is -4.01. The zero-order valence-electron chi connectivity index (χ0n) is 15.9. The van der Waals surface area contributed by atoms with Gasteiger partial charge in [0.05, 0.1) is 21.2 Å². The number of nitro benzene ring substituents is 1. The fraction of sp³-hybridized carbons (Fsp3) is 0. The number of nitrogens with zero attached hydrogens (tertiary/aromatic N) is 1. The van der Waals surface area contributed by atoms with E-state index in [4.69, 9.17) is 0 Å². The second-order valence-electron chi connectivity index (χ2n) is 6.25. The Morgan fingerprint density at radius 3 is 2.16 bits per heavy atom. The highest BCUT2D eigenvalue weighted by atomic mass is 32.2. The molecule has 0 spiro atoms. The van der Waals surface area contributed by atoms with Gasteiger partial charge in [0.25, 0.3) is 15.7 Å². The SMILES string of the molecule is O=C(C=CNc1ccccc1NS(=O)(=O)c1ccc([N+](=O)[O-])cc1)c1ccc(F)cc1. The average molecular weight is 441 g/mol. The maximum atomic E-state index is 13.0. The van der Waals surface area contributed by atoms with E-state index in [9.17, 15) is 27.7 Å². The van der Waals surface area contributed by atoms with Crippen molar-refractivity contribution in [1.29, 1.82) is 0 Å². The molecule has 0 aromatic heterocycles. The Bertz CT molecular complexity index is 1240. The van der Waals surface area contributed by atoms with Crippen LogP contribution in [0.2, 0.25) is 0 Å². The molecular weight excluding hydrogens is 425 g/mol. The standard InChI is InChI=1S/C21H16FN3O5S/c22-16-7-5-15(6-8-16)21(26)13-14-23-19-3-1-2-4-20(19)24-31(29,30)18-11-9-17(10-12-18)25(27)28/h1-14,23-24H. The van der Waals surface area contributed by atoms with E-state index in [0.29, 0.717) is 11.3 Å². The molecule has 0 amide bonds. The molecule has 3 aromatic carbocycles. The van der Waals surface area contributed by atoms with Crippen molar-refractivity contribution in [2.45, 2.75) is 4.90 Å². The fourth-order valence-electron chi connectivity index (χ4n) is 2.57. The molecule has 3 rings (SSSR count). The third kappa shape index (κ3) is 5.52. The number of hydrogen-bond acceptors (Lipinski definition) is 6. The minimum absolute atomic E-state index is 0.144. The molecule has 2 N–H and O–H groups in total. The van der Waals surface area contributed by atoms with Crippen LogP contribution in [0.1, 0.15) is 10.4 Å². The predicted molar refractivity (Wildman–Crippen MR) is 114 cm³/mol. The van der Waals surface area contributed by atoms with Gasteiger partial charge in [-0.05, 0) is 48.5 Å². The summed E-state index contributed by atoms with van der Waals surface area (Å²) >= 11 is 0. The molecule has 3 aromatic rings. The van der Waals surface area contributed by atoms with Crippen LogP contribution in [0.5, 0.6) is 0 Å². The highest BCUT2D eigenvalue weighted by Gasteiger charge is 2.17. The van der Waals surface area contributed by atoms with Crippen LogP contribution in [0.25, 0.3) is 0 Å². The second-order valence-corrected chi connectivity index (χ2v) is 7.93. The predicted octanol–water partition coefficient (Wildman–Crippen LogP) is 4.34. The number of sulfonamides is 1. The zero-order chi connectivity index (χ0) is 22.4. The van der Waals surface area contributed by atoms with Crippen molar-refractivity contribution in [3.63, 3.8) is 0 Å². The smallest absolute Gasteiger partial charge is 0.269 e. The molecule has 158 valence electrons. The number of benzene rings is 3. The van der Waals surface area contributed by atoms with Gasteiger partial charge in [0, 0.05) is 30.0 Å². The van der Waals surface area contributed by atoms with Crippen molar-refractivity contribution in [3.05, 3.63) is 107 Å². The molecule has 0 atom stereocenters. The van der Waals surface area contributed by atoms with Crippen molar-refractivity contribution in [2.75, 3.05) is 10.0 Å². The number of ketones is 1. The van der Waals surface area contributed by atoms with Crippen molar-refractivity contribution in [3.8, 4) is 0 Å². The van der Waals surface area contributed by atoms with Crippen LogP contribution in [-0.4, -0.2) is 19.1 Å². The number of rotatable bonds is 8. The van der Waals surface area contributed by atoms with Crippen LogP contribution < -0.4 is 10.0 Å². The van der Waals surface area contributed by atoms with E-state index in [2.05, 4.69) is 10.0 Å². The third-order valence-electron chi connectivity index (χ3n) is 4.13. The molecule has 10 heteroatoms. The minimum atomic E-state index is -4.01. The summed E-state index contributed by atoms with van der Waals surface area (Å²) in [5, 5.41) is 13.6. The Kier molecular flexibility index (Phi) is 6.41. The minimum Gasteiger partial charge on any atom is -0.360 e. The molecule has 0 aliphatic rings. The molecule has 0 heterocycles. The number of carbonyl (C=O) groups excluding carboxylic acids is 1. The quantitative estimate of drug-likeness (QED) is 0.232. The monoisotopic (exact) mass is 441 g/mol. The third-order valence-corrected chi connectivity index (χ3v) is 5.51. The van der Waals surface area contributed by atoms with E-state index in [1.54, 1.807) is 18.2 Å². The number of nitrogens with one attached hydrogen (secondary N) is 2. The Morgan fingerprint density at radius 2 is 1.55 bits per heavy atom. The van der Waals surface area contributed by atoms with Gasteiger partial charge in [-0.25, -0.2) is 12.8 Å². The second kappa shape index (κ2) is 9.18. The summed E-state index contributed by atoms with van der Waals surface area (Å²) in [6.07, 6.45) is 2.57. The first-order chi connectivity index (χ1) is 14.8. The zero-order valence-corrected chi connectivity index (χ0v) is 16.7. The van der Waals surface area contributed by atoms with E-state index in [-0.39, 0.29) is 22.1 Å². The van der Waals surface area contributed by atoms with Gasteiger partial charge in [0.2, 0.25) is 0 Å². The lowest BCUT2D eigenvalue weighted by Gasteiger charge is -2.12. The molecule has 0 bridgehead atoms. The van der Waals surface area contributed by atoms with Crippen molar-refractivity contribution < 1.29 is 22.5 Å². The van der Waals surface area contributed by atoms with Crippen LogP contribution >= 0.6 is 0 Å². The first-order valence-electron chi connectivity index (χ1n) is 8.85. The van der Waals surface area contributed by atoms with Gasteiger partial charge in [-0.1, -0.05) is 12.1 Å². The lowest BCUT2D eigenvalue weighted by Crippen LogP contribution is -2.14. The average Bonchev–Trinajstić information content (AvgIpc) is 2.75. The first-order valence-corrected chi connectivity index (χ1v) is 10.3. The summed E-state index contributed by atoms with van der Waals surface area (Å²) in [5.41, 5.74) is 0.652. The number of nitro groups is 1. The number of non-ortho nitro benzene ring substituents is 1. The molecule has 0 fully saturated rings. The fourth-order valence-corrected chi connectivity index (χ4v) is 3.65. The number of carbonyl (C=O) groups is 1. The van der Waals surface area contributed by atoms with Gasteiger partial charge >= 0.3 is 0 Å². The van der Waals surface area contributed by atoms with Crippen LogP contribution in [0.4, 0.5) is 21.5 Å². The maximum Gasteiger partial charge on any atom is 0.269 e. The van der Waals surface area contributed by atoms with E-state index < -0.39 is 20.8 Å². The maximum absolute atomic E-state index is 13.0. The Morgan fingerprint density at radius 1 is 0.935 bits per heavy atom. The van der Waals surface area contributed by atoms with Gasteiger partial charge in [-0.15, -0.1) is 0 Å². The van der Waals surface area contributed by atoms with Crippen molar-refractivity contribution in [2.24, 2.45) is 0 Å². The number of allylic oxidation sites excluding steroid dienone is 1. The van der Waals surface area contributed by atoms with Gasteiger partial charge in [0.1, 0.15) is 5.82 Å². The van der Waals surface area contributed by atoms with E-state index >= 15 is 0 Å². The summed E-state index contributed by atoms with van der Waals surface area (Å²) in [6, 6.07) is 15.9. The number of hydrogen-bond donors (Lipinski definition) is 2. The van der Waals surface area contributed by atoms with Gasteiger partial charge in [-0.3, -0.25) is 19.6 Å². The first kappa shape index (κ1) is 21.7. The van der Waals surface area contributed by atoms with E-state index in [1.807, 2.05) is 0 Å². The summed E-state index contributed by atoms with van der Waals surface area (Å²) in [5.74, 6) is -0.815. The van der Waals surface area contributed by atoms with Crippen LogP contribution in [0.3, 0.4) is 0 Å². The number of para-hydroxylation sites is 2. The van der Waals surface area contributed by atoms with Gasteiger partial charge in [-0.2, -0.15) is 0 Å². The molecule has 0 saturated carbocycles. The topological polar surface area (TPSA) is 118 Å². The summed E-state index contributed by atoms with van der Waals surface area (Å²) < 4.78 is 40.6. The highest BCUT2D eigenvalue weighted by Crippen LogP contribution is 2.25. The molecule has 8 nitrogen and oxygen atoms in total. The lowest BCUT2D eigenvalue weighted by atomic mass is 10.1. The molecule has 0 radical (unpaired) electrons. The normalized spacial score (nSPS) is 11.3. The highest BCUT2D eigenvalue weighted by molar-refractivity contribution is 7.92. The van der Waals surface area contributed by atoms with Crippen molar-refractivity contribution >= 4 is 32.9 Å². The van der Waals surface area contributed by atoms with Crippen LogP contribution in [0.15, 0.2) is 90.0 Å². The molecule has 0 aliphatic carbocycles. The molecular formula is C21H16FN3O5S. The number of anilines is 2. The molecule has 0 unspecified atom stereocenters. The van der Waals surface area contributed by atoms with E-state index in [1.165, 1.54) is 42.6 Å². The molecule has 0 aliphatic heterocycles. The largest absolute Gasteiger partial charge is 0.360 e. The Balaban J connectivity index is 1.74. The Hall–Kier alpha value is -4.05. The Labute approximate surface area is 177 Å². The molecule has 31 heavy (non-hydrogen) atoms. The van der Waals surface area contributed by atoms with E-state index in [0.717, 1.165) is 24.3 Å². The van der Waals surface area contributed by atoms with Gasteiger partial charge < -0.3 is 5.32 Å². The number of halogens is 1.